The number of aryl methyl sites for hydroxylation is 1. The van der Waals surface area contributed by atoms with E-state index >= 15 is 0 Å². The third kappa shape index (κ3) is 4.18. The number of aliphatic hydroxyl groups is 1. The van der Waals surface area contributed by atoms with Gasteiger partial charge in [-0.25, -0.2) is 4.68 Å². The summed E-state index contributed by atoms with van der Waals surface area (Å²) < 4.78 is 38.7. The van der Waals surface area contributed by atoms with Crippen molar-refractivity contribution in [2.75, 3.05) is 24.6 Å². The van der Waals surface area contributed by atoms with Gasteiger partial charge >= 0.3 is 17.8 Å². The third-order valence-corrected chi connectivity index (χ3v) is 4.24. The monoisotopic (exact) mass is 365 g/mol. The number of anilines is 1. The standard InChI is InChI=1S/C13H18F3N5O4/c1-19-11(10(6-17-19)21(24)25)20-4-2-8(7-22)9(3-5-20)18-12(23)13(14,15)16/h6,8-9,22H,2-5,7H2,1H3,(H,18,23)/t8?,9-/m1/s1. The predicted octanol–water partition coefficient (Wildman–Crippen LogP) is 0.584. The lowest BCUT2D eigenvalue weighted by Gasteiger charge is -2.24. The van der Waals surface area contributed by atoms with E-state index in [2.05, 4.69) is 5.10 Å². The molecule has 25 heavy (non-hydrogen) atoms. The van der Waals surface area contributed by atoms with Crippen molar-refractivity contribution in [3.05, 3.63) is 16.3 Å². The van der Waals surface area contributed by atoms with Crippen LogP contribution in [-0.2, 0) is 11.8 Å². The second-order valence-corrected chi connectivity index (χ2v) is 5.82. The maximum atomic E-state index is 12.5. The van der Waals surface area contributed by atoms with Gasteiger partial charge in [-0.3, -0.25) is 14.9 Å². The number of nitrogens with zero attached hydrogens (tertiary/aromatic N) is 4. The highest BCUT2D eigenvalue weighted by atomic mass is 19.4. The van der Waals surface area contributed by atoms with E-state index in [1.54, 1.807) is 4.90 Å². The fourth-order valence-electron chi connectivity index (χ4n) is 2.95. The Labute approximate surface area is 140 Å². The molecule has 0 aliphatic carbocycles. The normalized spacial score (nSPS) is 21.7. The first-order chi connectivity index (χ1) is 11.6. The quantitative estimate of drug-likeness (QED) is 0.596. The SMILES string of the molecule is Cn1ncc([N+](=O)[O-])c1N1CCC(CO)[C@H](NC(=O)C(F)(F)F)CC1. The lowest BCUT2D eigenvalue weighted by atomic mass is 9.95. The molecule has 0 spiro atoms. The maximum absolute atomic E-state index is 12.5. The van der Waals surface area contributed by atoms with Crippen molar-refractivity contribution in [1.82, 2.24) is 15.1 Å². The molecule has 1 aliphatic rings. The number of aliphatic hydroxyl groups excluding tert-OH is 1. The van der Waals surface area contributed by atoms with Crippen molar-refractivity contribution >= 4 is 17.4 Å². The number of amides is 1. The topological polar surface area (TPSA) is 114 Å². The molecule has 1 aromatic heterocycles. The summed E-state index contributed by atoms with van der Waals surface area (Å²) in [6, 6.07) is -0.878. The van der Waals surface area contributed by atoms with Gasteiger partial charge in [0.25, 0.3) is 0 Å². The molecule has 1 aliphatic heterocycles. The highest BCUT2D eigenvalue weighted by molar-refractivity contribution is 5.82. The number of carbonyl (C=O) groups is 1. The van der Waals surface area contributed by atoms with Gasteiger partial charge in [0.1, 0.15) is 6.20 Å². The lowest BCUT2D eigenvalue weighted by Crippen LogP contribution is -2.47. The van der Waals surface area contributed by atoms with Gasteiger partial charge in [0.15, 0.2) is 0 Å². The molecule has 0 bridgehead atoms. The van der Waals surface area contributed by atoms with Gasteiger partial charge in [0, 0.05) is 38.7 Å². The second kappa shape index (κ2) is 7.25. The smallest absolute Gasteiger partial charge is 0.396 e. The van der Waals surface area contributed by atoms with E-state index in [1.165, 1.54) is 11.7 Å². The predicted molar refractivity (Wildman–Crippen MR) is 79.9 cm³/mol. The number of nitrogens with one attached hydrogen (secondary N) is 1. The van der Waals surface area contributed by atoms with Gasteiger partial charge in [-0.15, -0.1) is 0 Å². The summed E-state index contributed by atoms with van der Waals surface area (Å²) in [4.78, 5) is 23.3. The van der Waals surface area contributed by atoms with Crippen LogP contribution in [0.1, 0.15) is 12.8 Å². The second-order valence-electron chi connectivity index (χ2n) is 5.82. The average Bonchev–Trinajstić information content (AvgIpc) is 2.79. The zero-order valence-electron chi connectivity index (χ0n) is 13.4. The minimum Gasteiger partial charge on any atom is -0.396 e. The molecule has 140 valence electrons. The fraction of sp³-hybridized carbons (Fsp3) is 0.692. The van der Waals surface area contributed by atoms with E-state index in [1.807, 2.05) is 5.32 Å². The Hall–Kier alpha value is -2.37. The van der Waals surface area contributed by atoms with Gasteiger partial charge in [-0.1, -0.05) is 0 Å². The Morgan fingerprint density at radius 3 is 2.68 bits per heavy atom. The molecule has 2 heterocycles. The Kier molecular flexibility index (Phi) is 5.50. The number of carbonyl (C=O) groups excluding carboxylic acids is 1. The van der Waals surface area contributed by atoms with Crippen LogP contribution in [0.4, 0.5) is 24.7 Å². The van der Waals surface area contributed by atoms with Crippen molar-refractivity contribution < 1.29 is 28.0 Å². The molecule has 0 aromatic carbocycles. The molecule has 1 unspecified atom stereocenters. The molecule has 0 saturated carbocycles. The summed E-state index contributed by atoms with van der Waals surface area (Å²) in [5.41, 5.74) is -0.208. The summed E-state index contributed by atoms with van der Waals surface area (Å²) in [6.07, 6.45) is -3.53. The lowest BCUT2D eigenvalue weighted by molar-refractivity contribution is -0.384. The van der Waals surface area contributed by atoms with E-state index in [0.717, 1.165) is 6.20 Å². The van der Waals surface area contributed by atoms with Crippen LogP contribution in [0.5, 0.6) is 0 Å². The van der Waals surface area contributed by atoms with Gasteiger partial charge in [0.2, 0.25) is 5.82 Å². The molecule has 9 nitrogen and oxygen atoms in total. The van der Waals surface area contributed by atoms with Crippen LogP contribution in [0, 0.1) is 16.0 Å². The van der Waals surface area contributed by atoms with Gasteiger partial charge in [-0.2, -0.15) is 18.3 Å². The van der Waals surface area contributed by atoms with Crippen LogP contribution in [-0.4, -0.2) is 57.6 Å². The zero-order valence-corrected chi connectivity index (χ0v) is 13.4. The molecule has 12 heteroatoms. The van der Waals surface area contributed by atoms with Crippen LogP contribution in [0.25, 0.3) is 0 Å². The van der Waals surface area contributed by atoms with Gasteiger partial charge in [0.05, 0.1) is 4.92 Å². The molecule has 1 saturated heterocycles. The number of rotatable bonds is 4. The first-order valence-corrected chi connectivity index (χ1v) is 7.55. The van der Waals surface area contributed by atoms with Crippen molar-refractivity contribution in [2.45, 2.75) is 25.1 Å². The summed E-state index contributed by atoms with van der Waals surface area (Å²) in [6.45, 7) is 0.0633. The Balaban J connectivity index is 2.18. The van der Waals surface area contributed by atoms with Gasteiger partial charge < -0.3 is 15.3 Å². The third-order valence-electron chi connectivity index (χ3n) is 4.24. The van der Waals surface area contributed by atoms with E-state index < -0.39 is 35.6 Å². The molecule has 2 atom stereocenters. The molecule has 0 radical (unpaired) electrons. The highest BCUT2D eigenvalue weighted by Gasteiger charge is 2.41. The molecular weight excluding hydrogens is 347 g/mol. The van der Waals surface area contributed by atoms with Gasteiger partial charge in [-0.05, 0) is 12.8 Å². The molecule has 1 fully saturated rings. The van der Waals surface area contributed by atoms with E-state index in [9.17, 15) is 33.2 Å². The summed E-state index contributed by atoms with van der Waals surface area (Å²) >= 11 is 0. The maximum Gasteiger partial charge on any atom is 0.471 e. The summed E-state index contributed by atoms with van der Waals surface area (Å²) in [7, 11) is 1.53. The van der Waals surface area contributed by atoms with E-state index in [4.69, 9.17) is 0 Å². The van der Waals surface area contributed by atoms with Crippen molar-refractivity contribution in [3.63, 3.8) is 0 Å². The minimum atomic E-state index is -5.01. The first-order valence-electron chi connectivity index (χ1n) is 7.55. The zero-order chi connectivity index (χ0) is 18.8. The summed E-state index contributed by atoms with van der Waals surface area (Å²) in [5.74, 6) is -2.40. The number of hydrogen-bond acceptors (Lipinski definition) is 6. The average molecular weight is 365 g/mol. The Morgan fingerprint density at radius 2 is 2.12 bits per heavy atom. The molecule has 1 aromatic rings. The highest BCUT2D eigenvalue weighted by Crippen LogP contribution is 2.30. The number of halogens is 3. The van der Waals surface area contributed by atoms with Crippen LogP contribution >= 0.6 is 0 Å². The van der Waals surface area contributed by atoms with E-state index in [0.29, 0.717) is 0 Å². The fourth-order valence-corrected chi connectivity index (χ4v) is 2.95. The largest absolute Gasteiger partial charge is 0.471 e. The van der Waals surface area contributed by atoms with Crippen LogP contribution in [0.2, 0.25) is 0 Å². The molecular formula is C13H18F3N5O4. The van der Waals surface area contributed by atoms with Crippen molar-refractivity contribution in [1.29, 1.82) is 0 Å². The van der Waals surface area contributed by atoms with Crippen molar-refractivity contribution in [2.24, 2.45) is 13.0 Å². The van der Waals surface area contributed by atoms with Crippen LogP contribution in [0.15, 0.2) is 6.20 Å². The first kappa shape index (κ1) is 19.0. The van der Waals surface area contributed by atoms with Crippen LogP contribution < -0.4 is 10.2 Å². The summed E-state index contributed by atoms with van der Waals surface area (Å²) in [5, 5.41) is 26.3. The Bertz CT molecular complexity index is 648. The number of aromatic nitrogens is 2. The number of nitro groups is 1. The minimum absolute atomic E-state index is 0.107. The van der Waals surface area contributed by atoms with Crippen molar-refractivity contribution in [3.8, 4) is 0 Å². The molecule has 1 amide bonds. The molecule has 2 N–H and O–H groups in total. The Morgan fingerprint density at radius 1 is 1.48 bits per heavy atom. The number of alkyl halides is 3. The molecule has 2 rings (SSSR count). The number of hydrogen-bond donors (Lipinski definition) is 2. The van der Waals surface area contributed by atoms with Crippen LogP contribution in [0.3, 0.4) is 0 Å². The van der Waals surface area contributed by atoms with E-state index in [-0.39, 0.29) is 37.4 Å².